The molecule has 4 rings (SSSR count). The highest BCUT2D eigenvalue weighted by molar-refractivity contribution is 5.92. The van der Waals surface area contributed by atoms with Crippen LogP contribution in [0.1, 0.15) is 38.7 Å². The van der Waals surface area contributed by atoms with Gasteiger partial charge in [-0.3, -0.25) is 14.5 Å². The average Bonchev–Trinajstić information content (AvgIpc) is 3.30. The molecular weight excluding hydrogens is 326 g/mol. The first-order valence-electron chi connectivity index (χ1n) is 9.71. The van der Waals surface area contributed by atoms with Gasteiger partial charge in [-0.25, -0.2) is 0 Å². The van der Waals surface area contributed by atoms with Gasteiger partial charge < -0.3 is 10.2 Å². The van der Waals surface area contributed by atoms with E-state index in [1.807, 2.05) is 44.0 Å². The summed E-state index contributed by atoms with van der Waals surface area (Å²) in [6, 6.07) is 10.3. The van der Waals surface area contributed by atoms with Crippen LogP contribution in [0.25, 0.3) is 0 Å². The predicted octanol–water partition coefficient (Wildman–Crippen LogP) is 1.78. The van der Waals surface area contributed by atoms with Gasteiger partial charge in [0.15, 0.2) is 0 Å². The molecule has 1 spiro atoms. The second-order valence-electron chi connectivity index (χ2n) is 8.91. The highest BCUT2D eigenvalue weighted by Crippen LogP contribution is 2.52. The Morgan fingerprint density at radius 3 is 2.35 bits per heavy atom. The van der Waals surface area contributed by atoms with Crippen molar-refractivity contribution in [3.63, 3.8) is 0 Å². The third kappa shape index (κ3) is 2.82. The molecule has 2 amide bonds. The Kier molecular flexibility index (Phi) is 4.10. The number of carbonyl (C=O) groups excluding carboxylic acids is 2. The molecule has 140 valence electrons. The Hall–Kier alpha value is -1.88. The zero-order valence-electron chi connectivity index (χ0n) is 16.0. The van der Waals surface area contributed by atoms with Crippen molar-refractivity contribution in [1.29, 1.82) is 0 Å². The minimum atomic E-state index is -0.276. The van der Waals surface area contributed by atoms with Crippen molar-refractivity contribution in [2.75, 3.05) is 26.7 Å². The summed E-state index contributed by atoms with van der Waals surface area (Å²) in [5.74, 6) is 0.402. The molecule has 1 aromatic rings. The minimum absolute atomic E-state index is 0.0707. The number of likely N-dealkylation sites (N-methyl/N-ethyl adjacent to an activating group) is 1. The van der Waals surface area contributed by atoms with E-state index in [9.17, 15) is 9.59 Å². The summed E-state index contributed by atoms with van der Waals surface area (Å²) in [6.07, 6.45) is 2.77. The Balaban J connectivity index is 1.40. The molecule has 1 atom stereocenters. The summed E-state index contributed by atoms with van der Waals surface area (Å²) in [4.78, 5) is 29.7. The van der Waals surface area contributed by atoms with E-state index in [0.29, 0.717) is 0 Å². The molecule has 5 nitrogen and oxygen atoms in total. The van der Waals surface area contributed by atoms with E-state index < -0.39 is 0 Å². The molecule has 2 aliphatic heterocycles. The number of amides is 2. The predicted molar refractivity (Wildman–Crippen MR) is 101 cm³/mol. The monoisotopic (exact) mass is 355 g/mol. The van der Waals surface area contributed by atoms with Crippen LogP contribution in [0.2, 0.25) is 0 Å². The molecule has 0 aromatic heterocycles. The van der Waals surface area contributed by atoms with Crippen molar-refractivity contribution in [1.82, 2.24) is 15.1 Å². The van der Waals surface area contributed by atoms with Gasteiger partial charge in [0.25, 0.3) is 0 Å². The SMILES string of the molecule is CC(C)NC(=O)C1CC2(CN(C(=O)C3(c4ccccc4)CC3)C2)CN1C. The van der Waals surface area contributed by atoms with E-state index >= 15 is 0 Å². The van der Waals surface area contributed by atoms with Crippen LogP contribution in [0, 0.1) is 5.41 Å². The molecule has 2 heterocycles. The Bertz CT molecular complexity index is 705. The van der Waals surface area contributed by atoms with E-state index in [0.717, 1.165) is 44.5 Å². The van der Waals surface area contributed by atoms with Crippen LogP contribution in [0.3, 0.4) is 0 Å². The number of nitrogens with one attached hydrogen (secondary N) is 1. The summed E-state index contributed by atoms with van der Waals surface area (Å²) < 4.78 is 0. The van der Waals surface area contributed by atoms with Crippen LogP contribution >= 0.6 is 0 Å². The van der Waals surface area contributed by atoms with Gasteiger partial charge in [-0.1, -0.05) is 30.3 Å². The number of rotatable bonds is 4. The fraction of sp³-hybridized carbons (Fsp3) is 0.619. The van der Waals surface area contributed by atoms with Gasteiger partial charge in [0, 0.05) is 31.1 Å². The lowest BCUT2D eigenvalue weighted by Crippen LogP contribution is -2.61. The van der Waals surface area contributed by atoms with E-state index in [1.54, 1.807) is 0 Å². The number of benzene rings is 1. The maximum Gasteiger partial charge on any atom is 0.237 e. The van der Waals surface area contributed by atoms with Crippen molar-refractivity contribution in [2.45, 2.75) is 50.6 Å². The van der Waals surface area contributed by atoms with Gasteiger partial charge in [-0.15, -0.1) is 0 Å². The van der Waals surface area contributed by atoms with Crippen molar-refractivity contribution in [2.24, 2.45) is 5.41 Å². The third-order valence-corrected chi connectivity index (χ3v) is 6.30. The van der Waals surface area contributed by atoms with Crippen molar-refractivity contribution < 1.29 is 9.59 Å². The molecule has 3 fully saturated rings. The second kappa shape index (κ2) is 6.08. The van der Waals surface area contributed by atoms with Crippen LogP contribution < -0.4 is 5.32 Å². The molecule has 1 saturated carbocycles. The summed E-state index contributed by atoms with van der Waals surface area (Å²) >= 11 is 0. The minimum Gasteiger partial charge on any atom is -0.353 e. The van der Waals surface area contributed by atoms with E-state index in [4.69, 9.17) is 0 Å². The van der Waals surface area contributed by atoms with Gasteiger partial charge in [0.2, 0.25) is 11.8 Å². The maximum absolute atomic E-state index is 13.1. The van der Waals surface area contributed by atoms with Gasteiger partial charge in [-0.05, 0) is 45.7 Å². The topological polar surface area (TPSA) is 52.7 Å². The van der Waals surface area contributed by atoms with Gasteiger partial charge in [0.1, 0.15) is 0 Å². The maximum atomic E-state index is 13.1. The standard InChI is InChI=1S/C21H29N3O2/c1-15(2)22-18(25)17-11-20(12-23(17)3)13-24(14-20)19(26)21(9-10-21)16-7-5-4-6-8-16/h4-8,15,17H,9-14H2,1-3H3,(H,22,25). The summed E-state index contributed by atoms with van der Waals surface area (Å²) in [6.45, 7) is 6.45. The number of carbonyl (C=O) groups is 2. The molecule has 3 aliphatic rings. The lowest BCUT2D eigenvalue weighted by molar-refractivity contribution is -0.145. The molecule has 5 heteroatoms. The Morgan fingerprint density at radius 1 is 1.12 bits per heavy atom. The lowest BCUT2D eigenvalue weighted by atomic mass is 9.76. The number of nitrogens with zero attached hydrogens (tertiary/aromatic N) is 2. The van der Waals surface area contributed by atoms with Crippen LogP contribution in [0.15, 0.2) is 30.3 Å². The Morgan fingerprint density at radius 2 is 1.77 bits per heavy atom. The normalized spacial score (nSPS) is 26.0. The smallest absolute Gasteiger partial charge is 0.237 e. The molecule has 26 heavy (non-hydrogen) atoms. The Labute approximate surface area is 155 Å². The molecule has 1 N–H and O–H groups in total. The van der Waals surface area contributed by atoms with Crippen LogP contribution in [-0.2, 0) is 15.0 Å². The molecular formula is C21H29N3O2. The second-order valence-corrected chi connectivity index (χ2v) is 8.91. The first kappa shape index (κ1) is 17.5. The third-order valence-electron chi connectivity index (χ3n) is 6.30. The van der Waals surface area contributed by atoms with E-state index in [1.165, 1.54) is 0 Å². The molecule has 1 unspecified atom stereocenters. The number of likely N-dealkylation sites (tertiary alicyclic amines) is 2. The highest BCUT2D eigenvalue weighted by atomic mass is 16.2. The van der Waals surface area contributed by atoms with Crippen molar-refractivity contribution in [3.8, 4) is 0 Å². The van der Waals surface area contributed by atoms with Crippen LogP contribution in [-0.4, -0.2) is 60.4 Å². The zero-order chi connectivity index (χ0) is 18.5. The van der Waals surface area contributed by atoms with Crippen LogP contribution in [0.4, 0.5) is 0 Å². The molecule has 0 bridgehead atoms. The van der Waals surface area contributed by atoms with Gasteiger partial charge >= 0.3 is 0 Å². The molecule has 1 aromatic carbocycles. The first-order valence-corrected chi connectivity index (χ1v) is 9.71. The van der Waals surface area contributed by atoms with E-state index in [-0.39, 0.29) is 34.7 Å². The fourth-order valence-electron chi connectivity index (χ4n) is 4.89. The van der Waals surface area contributed by atoms with Crippen LogP contribution in [0.5, 0.6) is 0 Å². The fourth-order valence-corrected chi connectivity index (χ4v) is 4.89. The highest BCUT2D eigenvalue weighted by Gasteiger charge is 2.59. The number of hydrogen-bond donors (Lipinski definition) is 1. The first-order chi connectivity index (χ1) is 12.4. The van der Waals surface area contributed by atoms with Crippen molar-refractivity contribution >= 4 is 11.8 Å². The quantitative estimate of drug-likeness (QED) is 0.896. The molecule has 2 saturated heterocycles. The van der Waals surface area contributed by atoms with Gasteiger partial charge in [-0.2, -0.15) is 0 Å². The zero-order valence-corrected chi connectivity index (χ0v) is 16.0. The summed E-state index contributed by atoms with van der Waals surface area (Å²) in [5.41, 5.74) is 0.974. The van der Waals surface area contributed by atoms with Gasteiger partial charge in [0.05, 0.1) is 11.5 Å². The molecule has 1 aliphatic carbocycles. The largest absolute Gasteiger partial charge is 0.353 e. The van der Waals surface area contributed by atoms with Crippen molar-refractivity contribution in [3.05, 3.63) is 35.9 Å². The lowest BCUT2D eigenvalue weighted by Gasteiger charge is -2.49. The summed E-state index contributed by atoms with van der Waals surface area (Å²) in [5, 5.41) is 3.03. The summed E-state index contributed by atoms with van der Waals surface area (Å²) in [7, 11) is 2.02. The van der Waals surface area contributed by atoms with E-state index in [2.05, 4.69) is 22.3 Å². The average molecular weight is 355 g/mol. The number of hydrogen-bond acceptors (Lipinski definition) is 3. The molecule has 0 radical (unpaired) electrons.